The van der Waals surface area contributed by atoms with Crippen molar-refractivity contribution < 1.29 is 9.90 Å². The van der Waals surface area contributed by atoms with E-state index in [1.807, 2.05) is 6.92 Å². The van der Waals surface area contributed by atoms with Crippen molar-refractivity contribution in [1.29, 1.82) is 0 Å². The summed E-state index contributed by atoms with van der Waals surface area (Å²) in [6.45, 7) is 2.00. The Morgan fingerprint density at radius 3 is 2.00 bits per heavy atom. The average molecular weight is 322 g/mol. The van der Waals surface area contributed by atoms with Crippen molar-refractivity contribution in [2.75, 3.05) is 0 Å². The molecule has 0 aliphatic heterocycles. The van der Waals surface area contributed by atoms with E-state index < -0.39 is 5.97 Å². The molecule has 0 fully saturated rings. The Hall–Kier alpha value is -0.350. The van der Waals surface area contributed by atoms with Crippen LogP contribution in [-0.2, 0) is 10.7 Å². The van der Waals surface area contributed by atoms with Crippen LogP contribution in [0, 0.1) is 6.92 Å². The van der Waals surface area contributed by atoms with Crippen molar-refractivity contribution in [2.45, 2.75) is 17.6 Å². The highest BCUT2D eigenvalue weighted by Gasteiger charge is 2.09. The fourth-order valence-corrected chi connectivity index (χ4v) is 2.41. The van der Waals surface area contributed by atoms with Crippen LogP contribution < -0.4 is 0 Å². The monoisotopic (exact) mass is 320 g/mol. The molecule has 0 saturated carbocycles. The molecule has 0 spiro atoms. The van der Waals surface area contributed by atoms with Crippen LogP contribution in [-0.4, -0.2) is 11.1 Å². The number of rotatable bonds is 3. The quantitative estimate of drug-likeness (QED) is 0.865. The Morgan fingerprint density at radius 2 is 1.71 bits per heavy atom. The van der Waals surface area contributed by atoms with Crippen LogP contribution in [0.2, 0.25) is 0 Å². The minimum atomic E-state index is -0.880. The number of aromatic carboxylic acids is 1. The van der Waals surface area contributed by atoms with Crippen molar-refractivity contribution >= 4 is 37.8 Å². The van der Waals surface area contributed by atoms with Crippen LogP contribution in [0.5, 0.6) is 0 Å². The number of hydrogen-bond acceptors (Lipinski definition) is 1. The highest BCUT2D eigenvalue weighted by molar-refractivity contribution is 9.08. The summed E-state index contributed by atoms with van der Waals surface area (Å²) in [6.07, 6.45) is 0. The normalized spacial score (nSPS) is 10.2. The molecule has 1 N–H and O–H groups in total. The fraction of sp³-hybridized carbons (Fsp3) is 0.300. The standard InChI is InChI=1S/C10H10Br2O2/c1-6-8(4-11)2-7(10(13)14)3-9(6)5-12/h2-3H,4-5H2,1H3,(H,13,14). The van der Waals surface area contributed by atoms with Gasteiger partial charge in [0, 0.05) is 10.7 Å². The second-order valence-electron chi connectivity index (χ2n) is 2.99. The van der Waals surface area contributed by atoms with Crippen molar-refractivity contribution in [3.05, 3.63) is 34.4 Å². The number of carbonyl (C=O) groups is 1. The SMILES string of the molecule is Cc1c(CBr)cc(C(=O)O)cc1CBr. The predicted molar refractivity (Wildman–Crippen MR) is 63.4 cm³/mol. The molecule has 76 valence electrons. The van der Waals surface area contributed by atoms with Gasteiger partial charge in [0.1, 0.15) is 0 Å². The van der Waals surface area contributed by atoms with E-state index >= 15 is 0 Å². The summed E-state index contributed by atoms with van der Waals surface area (Å²) in [5.74, 6) is -0.880. The molecule has 0 atom stereocenters. The van der Waals surface area contributed by atoms with Crippen molar-refractivity contribution in [2.24, 2.45) is 0 Å². The third-order valence-corrected chi connectivity index (χ3v) is 3.37. The van der Waals surface area contributed by atoms with E-state index in [4.69, 9.17) is 5.11 Å². The molecule has 14 heavy (non-hydrogen) atoms. The molecule has 0 amide bonds. The van der Waals surface area contributed by atoms with Crippen LogP contribution in [0.1, 0.15) is 27.0 Å². The van der Waals surface area contributed by atoms with Gasteiger partial charge in [-0.3, -0.25) is 0 Å². The van der Waals surface area contributed by atoms with Gasteiger partial charge in [0.2, 0.25) is 0 Å². The van der Waals surface area contributed by atoms with Gasteiger partial charge in [-0.1, -0.05) is 31.9 Å². The summed E-state index contributed by atoms with van der Waals surface area (Å²) in [7, 11) is 0. The Kier molecular flexibility index (Phi) is 4.13. The van der Waals surface area contributed by atoms with Crippen LogP contribution in [0.25, 0.3) is 0 Å². The number of carboxylic acids is 1. The molecule has 0 aromatic heterocycles. The second kappa shape index (κ2) is 4.94. The van der Waals surface area contributed by atoms with Gasteiger partial charge in [0.05, 0.1) is 5.56 Å². The molecular weight excluding hydrogens is 312 g/mol. The number of halogens is 2. The third kappa shape index (κ3) is 2.36. The first-order chi connectivity index (χ1) is 6.60. The summed E-state index contributed by atoms with van der Waals surface area (Å²) in [6, 6.07) is 3.41. The van der Waals surface area contributed by atoms with Gasteiger partial charge in [-0.05, 0) is 35.7 Å². The molecule has 4 heteroatoms. The van der Waals surface area contributed by atoms with Gasteiger partial charge in [-0.2, -0.15) is 0 Å². The zero-order valence-electron chi connectivity index (χ0n) is 7.68. The number of carboxylic acid groups (broad SMARTS) is 1. The Balaban J connectivity index is 3.32. The first-order valence-electron chi connectivity index (χ1n) is 4.07. The molecule has 2 nitrogen and oxygen atoms in total. The largest absolute Gasteiger partial charge is 0.478 e. The highest BCUT2D eigenvalue weighted by atomic mass is 79.9. The lowest BCUT2D eigenvalue weighted by molar-refractivity contribution is 0.0696. The van der Waals surface area contributed by atoms with Crippen LogP contribution >= 0.6 is 31.9 Å². The second-order valence-corrected chi connectivity index (χ2v) is 4.11. The topological polar surface area (TPSA) is 37.3 Å². The lowest BCUT2D eigenvalue weighted by atomic mass is 10.0. The molecule has 1 aromatic carbocycles. The summed E-state index contributed by atoms with van der Waals surface area (Å²) in [4.78, 5) is 10.8. The molecular formula is C10H10Br2O2. The number of benzene rings is 1. The molecule has 0 radical (unpaired) electrons. The number of alkyl halides is 2. The summed E-state index contributed by atoms with van der Waals surface area (Å²) < 4.78 is 0. The maximum Gasteiger partial charge on any atom is 0.335 e. The van der Waals surface area contributed by atoms with Gasteiger partial charge in [-0.15, -0.1) is 0 Å². The molecule has 0 unspecified atom stereocenters. The first-order valence-corrected chi connectivity index (χ1v) is 6.32. The Bertz CT molecular complexity index is 336. The molecule has 0 heterocycles. The zero-order valence-corrected chi connectivity index (χ0v) is 10.9. The lowest BCUT2D eigenvalue weighted by Gasteiger charge is -2.09. The molecule has 1 rings (SSSR count). The lowest BCUT2D eigenvalue weighted by Crippen LogP contribution is -2.01. The minimum Gasteiger partial charge on any atom is -0.478 e. The van der Waals surface area contributed by atoms with Crippen LogP contribution in [0.3, 0.4) is 0 Å². The molecule has 0 aliphatic rings. The van der Waals surface area contributed by atoms with E-state index in [0.29, 0.717) is 16.2 Å². The van der Waals surface area contributed by atoms with Crippen molar-refractivity contribution in [1.82, 2.24) is 0 Å². The van der Waals surface area contributed by atoms with Gasteiger partial charge in [0.25, 0.3) is 0 Å². The molecule has 0 bridgehead atoms. The van der Waals surface area contributed by atoms with Gasteiger partial charge in [-0.25, -0.2) is 4.79 Å². The van der Waals surface area contributed by atoms with E-state index in [1.54, 1.807) is 12.1 Å². The first kappa shape index (κ1) is 11.7. The van der Waals surface area contributed by atoms with Crippen molar-refractivity contribution in [3.8, 4) is 0 Å². The van der Waals surface area contributed by atoms with Crippen molar-refractivity contribution in [3.63, 3.8) is 0 Å². The van der Waals surface area contributed by atoms with E-state index in [-0.39, 0.29) is 0 Å². The van der Waals surface area contributed by atoms with Gasteiger partial charge >= 0.3 is 5.97 Å². The highest BCUT2D eigenvalue weighted by Crippen LogP contribution is 2.21. The Labute approximate surface area is 99.6 Å². The maximum absolute atomic E-state index is 10.8. The Morgan fingerprint density at radius 1 is 1.29 bits per heavy atom. The summed E-state index contributed by atoms with van der Waals surface area (Å²) in [5.41, 5.74) is 3.54. The van der Waals surface area contributed by atoms with E-state index in [0.717, 1.165) is 16.7 Å². The van der Waals surface area contributed by atoms with Crippen LogP contribution in [0.4, 0.5) is 0 Å². The predicted octanol–water partition coefficient (Wildman–Crippen LogP) is 3.48. The van der Waals surface area contributed by atoms with Crippen LogP contribution in [0.15, 0.2) is 12.1 Å². The van der Waals surface area contributed by atoms with Gasteiger partial charge in [0.15, 0.2) is 0 Å². The maximum atomic E-state index is 10.8. The van der Waals surface area contributed by atoms with E-state index in [2.05, 4.69) is 31.9 Å². The fourth-order valence-electron chi connectivity index (χ4n) is 1.24. The van der Waals surface area contributed by atoms with Gasteiger partial charge < -0.3 is 5.11 Å². The summed E-state index contributed by atoms with van der Waals surface area (Å²) >= 11 is 6.69. The molecule has 0 saturated heterocycles. The molecule has 0 aliphatic carbocycles. The minimum absolute atomic E-state index is 0.347. The average Bonchev–Trinajstić information content (AvgIpc) is 2.17. The molecule has 1 aromatic rings. The van der Waals surface area contributed by atoms with E-state index in [9.17, 15) is 4.79 Å². The summed E-state index contributed by atoms with van der Waals surface area (Å²) in [5, 5.41) is 10.2. The van der Waals surface area contributed by atoms with E-state index in [1.165, 1.54) is 0 Å². The number of hydrogen-bond donors (Lipinski definition) is 1. The zero-order chi connectivity index (χ0) is 10.7. The smallest absolute Gasteiger partial charge is 0.335 e. The third-order valence-electron chi connectivity index (χ3n) is 2.16.